The van der Waals surface area contributed by atoms with Crippen molar-refractivity contribution in [1.29, 1.82) is 0 Å². The molecule has 1 atom stereocenters. The van der Waals surface area contributed by atoms with Gasteiger partial charge >= 0.3 is 0 Å². The van der Waals surface area contributed by atoms with Crippen LogP contribution in [-0.2, 0) is 9.59 Å². The predicted molar refractivity (Wildman–Crippen MR) is 125 cm³/mol. The number of amides is 1. The predicted octanol–water partition coefficient (Wildman–Crippen LogP) is 5.77. The number of aliphatic hydroxyl groups is 1. The lowest BCUT2D eigenvalue weighted by atomic mass is 9.94. The second-order valence-corrected chi connectivity index (χ2v) is 8.52. The van der Waals surface area contributed by atoms with Crippen LogP contribution in [0.5, 0.6) is 5.75 Å². The molecular weight excluding hydrogens is 458 g/mol. The molecule has 2 aromatic rings. The van der Waals surface area contributed by atoms with Crippen molar-refractivity contribution in [2.24, 2.45) is 0 Å². The van der Waals surface area contributed by atoms with Crippen LogP contribution in [0.4, 0.5) is 0 Å². The Bertz CT molecular complexity index is 997. The summed E-state index contributed by atoms with van der Waals surface area (Å²) in [5.41, 5.74) is 2.35. The monoisotopic (exact) mass is 485 g/mol. The first kappa shape index (κ1) is 23.1. The van der Waals surface area contributed by atoms with Gasteiger partial charge in [-0.15, -0.1) is 0 Å². The van der Waals surface area contributed by atoms with Crippen LogP contribution in [0.25, 0.3) is 5.76 Å². The Morgan fingerprint density at radius 3 is 2.42 bits per heavy atom. The number of benzene rings is 2. The Balaban J connectivity index is 2.10. The summed E-state index contributed by atoms with van der Waals surface area (Å²) in [5.74, 6) is -0.637. The Hall–Kier alpha value is -2.60. The van der Waals surface area contributed by atoms with Gasteiger partial charge in [-0.1, -0.05) is 53.9 Å². The van der Waals surface area contributed by atoms with Crippen molar-refractivity contribution in [2.75, 3.05) is 13.2 Å². The van der Waals surface area contributed by atoms with Gasteiger partial charge in [-0.25, -0.2) is 0 Å². The highest BCUT2D eigenvalue weighted by Gasteiger charge is 2.45. The maximum atomic E-state index is 13.0. The number of aryl methyl sites for hydroxylation is 1. The van der Waals surface area contributed by atoms with Crippen LogP contribution in [0.3, 0.4) is 0 Å². The highest BCUT2D eigenvalue weighted by Crippen LogP contribution is 2.40. The molecule has 1 fully saturated rings. The number of ketones is 1. The maximum Gasteiger partial charge on any atom is 0.295 e. The number of ether oxygens (including phenoxy) is 1. The molecule has 31 heavy (non-hydrogen) atoms. The first-order valence-electron chi connectivity index (χ1n) is 10.7. The molecule has 164 valence electrons. The van der Waals surface area contributed by atoms with Crippen LogP contribution in [0.2, 0.25) is 0 Å². The van der Waals surface area contributed by atoms with Crippen molar-refractivity contribution >= 4 is 33.4 Å². The molecule has 1 amide bonds. The van der Waals surface area contributed by atoms with E-state index in [1.165, 1.54) is 0 Å². The van der Waals surface area contributed by atoms with E-state index in [1.807, 2.05) is 44.2 Å². The van der Waals surface area contributed by atoms with Gasteiger partial charge in [0, 0.05) is 16.6 Å². The summed E-state index contributed by atoms with van der Waals surface area (Å²) in [6.45, 7) is 6.93. The molecule has 0 spiro atoms. The van der Waals surface area contributed by atoms with Crippen molar-refractivity contribution in [3.05, 3.63) is 69.2 Å². The molecule has 0 aliphatic carbocycles. The van der Waals surface area contributed by atoms with E-state index in [0.717, 1.165) is 40.6 Å². The second kappa shape index (κ2) is 10.1. The zero-order chi connectivity index (χ0) is 22.5. The van der Waals surface area contributed by atoms with Crippen LogP contribution in [0.1, 0.15) is 55.8 Å². The van der Waals surface area contributed by atoms with E-state index in [-0.39, 0.29) is 11.3 Å². The number of aliphatic hydroxyl groups excluding tert-OH is 1. The third-order valence-electron chi connectivity index (χ3n) is 5.48. The highest BCUT2D eigenvalue weighted by molar-refractivity contribution is 9.10. The molecule has 5 nitrogen and oxygen atoms in total. The number of carbonyl (C=O) groups is 2. The lowest BCUT2D eigenvalue weighted by Crippen LogP contribution is -2.30. The van der Waals surface area contributed by atoms with Gasteiger partial charge in [-0.05, 0) is 55.7 Å². The van der Waals surface area contributed by atoms with Gasteiger partial charge in [0.2, 0.25) is 0 Å². The molecule has 1 saturated heterocycles. The van der Waals surface area contributed by atoms with E-state index in [9.17, 15) is 14.7 Å². The number of hydrogen-bond acceptors (Lipinski definition) is 4. The fourth-order valence-corrected chi connectivity index (χ4v) is 4.10. The Labute approximate surface area is 191 Å². The fourth-order valence-electron chi connectivity index (χ4n) is 3.85. The number of rotatable bonds is 8. The topological polar surface area (TPSA) is 66.8 Å². The SMILES string of the molecule is CCCCCN1C(=O)C(=O)/C(=C(\O)c2ccc(Br)c(C)c2)C1c1ccc(OCC)cc1. The van der Waals surface area contributed by atoms with Crippen LogP contribution in [0, 0.1) is 6.92 Å². The number of nitrogens with zero attached hydrogens (tertiary/aromatic N) is 1. The molecule has 6 heteroatoms. The molecule has 0 saturated carbocycles. The van der Waals surface area contributed by atoms with Crippen molar-refractivity contribution in [1.82, 2.24) is 4.90 Å². The fraction of sp³-hybridized carbons (Fsp3) is 0.360. The van der Waals surface area contributed by atoms with Crippen LogP contribution < -0.4 is 4.74 Å². The lowest BCUT2D eigenvalue weighted by Gasteiger charge is -2.25. The molecule has 0 bridgehead atoms. The van der Waals surface area contributed by atoms with Crippen molar-refractivity contribution in [3.63, 3.8) is 0 Å². The number of hydrogen-bond donors (Lipinski definition) is 1. The van der Waals surface area contributed by atoms with Crippen molar-refractivity contribution in [2.45, 2.75) is 46.1 Å². The summed E-state index contributed by atoms with van der Waals surface area (Å²) in [5, 5.41) is 11.1. The minimum Gasteiger partial charge on any atom is -0.507 e. The standard InChI is InChI=1S/C25H28BrNO4/c1-4-6-7-14-27-22(17-8-11-19(12-9-17)31-5-2)21(24(29)25(27)30)23(28)18-10-13-20(26)16(3)15-18/h8-13,15,22,28H,4-7,14H2,1-3H3/b23-21-. The molecule has 0 radical (unpaired) electrons. The molecule has 1 heterocycles. The van der Waals surface area contributed by atoms with Gasteiger partial charge in [0.1, 0.15) is 11.5 Å². The third-order valence-corrected chi connectivity index (χ3v) is 6.37. The Morgan fingerprint density at radius 1 is 1.10 bits per heavy atom. The quantitative estimate of drug-likeness (QED) is 0.223. The number of unbranched alkanes of at least 4 members (excludes halogenated alkanes) is 2. The molecular formula is C25H28BrNO4. The normalized spacial score (nSPS) is 17.9. The molecule has 3 rings (SSSR count). The van der Waals surface area contributed by atoms with E-state index in [2.05, 4.69) is 22.9 Å². The van der Waals surface area contributed by atoms with E-state index >= 15 is 0 Å². The number of Topliss-reactive ketones (excluding diaryl/α,β-unsaturated/α-hetero) is 1. The zero-order valence-electron chi connectivity index (χ0n) is 18.2. The molecule has 2 aromatic carbocycles. The summed E-state index contributed by atoms with van der Waals surface area (Å²) >= 11 is 3.46. The maximum absolute atomic E-state index is 13.0. The van der Waals surface area contributed by atoms with Crippen LogP contribution in [-0.4, -0.2) is 34.8 Å². The van der Waals surface area contributed by atoms with E-state index in [0.29, 0.717) is 18.7 Å². The number of halogens is 1. The first-order chi connectivity index (χ1) is 14.9. The average molecular weight is 486 g/mol. The Kier molecular flexibility index (Phi) is 7.55. The summed E-state index contributed by atoms with van der Waals surface area (Å²) in [6, 6.07) is 12.1. The molecule has 1 aliphatic heterocycles. The Morgan fingerprint density at radius 2 is 1.81 bits per heavy atom. The molecule has 1 unspecified atom stereocenters. The molecule has 1 N–H and O–H groups in total. The van der Waals surface area contributed by atoms with Crippen molar-refractivity contribution < 1.29 is 19.4 Å². The summed E-state index contributed by atoms with van der Waals surface area (Å²) in [6.07, 6.45) is 2.77. The smallest absolute Gasteiger partial charge is 0.295 e. The van der Waals surface area contributed by atoms with Gasteiger partial charge in [0.05, 0.1) is 18.2 Å². The van der Waals surface area contributed by atoms with Gasteiger partial charge in [0.25, 0.3) is 11.7 Å². The summed E-state index contributed by atoms with van der Waals surface area (Å²) < 4.78 is 6.44. The van der Waals surface area contributed by atoms with E-state index in [4.69, 9.17) is 4.74 Å². The van der Waals surface area contributed by atoms with Crippen LogP contribution in [0.15, 0.2) is 52.5 Å². The lowest BCUT2D eigenvalue weighted by molar-refractivity contribution is -0.139. The molecule has 1 aliphatic rings. The number of carbonyl (C=O) groups excluding carboxylic acids is 2. The van der Waals surface area contributed by atoms with Gasteiger partial charge in [-0.2, -0.15) is 0 Å². The highest BCUT2D eigenvalue weighted by atomic mass is 79.9. The van der Waals surface area contributed by atoms with E-state index < -0.39 is 17.7 Å². The van der Waals surface area contributed by atoms with E-state index in [1.54, 1.807) is 17.0 Å². The molecule has 0 aromatic heterocycles. The minimum atomic E-state index is -0.645. The third kappa shape index (κ3) is 4.85. The first-order valence-corrected chi connectivity index (χ1v) is 11.5. The second-order valence-electron chi connectivity index (χ2n) is 7.67. The number of likely N-dealkylation sites (tertiary alicyclic amines) is 1. The average Bonchev–Trinajstić information content (AvgIpc) is 3.01. The summed E-state index contributed by atoms with van der Waals surface area (Å²) in [4.78, 5) is 27.5. The van der Waals surface area contributed by atoms with Gasteiger partial charge in [0.15, 0.2) is 0 Å². The largest absolute Gasteiger partial charge is 0.507 e. The van der Waals surface area contributed by atoms with Gasteiger partial charge in [-0.3, -0.25) is 9.59 Å². The minimum absolute atomic E-state index is 0.132. The van der Waals surface area contributed by atoms with Crippen LogP contribution >= 0.6 is 15.9 Å². The summed E-state index contributed by atoms with van der Waals surface area (Å²) in [7, 11) is 0. The van der Waals surface area contributed by atoms with Gasteiger partial charge < -0.3 is 14.7 Å². The van der Waals surface area contributed by atoms with Crippen molar-refractivity contribution in [3.8, 4) is 5.75 Å². The zero-order valence-corrected chi connectivity index (χ0v) is 19.7.